The Labute approximate surface area is 229 Å². The van der Waals surface area contributed by atoms with Crippen LogP contribution in [0, 0.1) is 11.6 Å². The number of halogens is 2. The van der Waals surface area contributed by atoms with Gasteiger partial charge in [-0.1, -0.05) is 12.1 Å². The first kappa shape index (κ1) is 26.8. The van der Waals surface area contributed by atoms with Crippen LogP contribution in [-0.2, 0) is 12.8 Å². The van der Waals surface area contributed by atoms with E-state index in [2.05, 4.69) is 29.9 Å². The molecule has 0 saturated carbocycles. The van der Waals surface area contributed by atoms with Crippen molar-refractivity contribution in [2.75, 3.05) is 13.1 Å². The summed E-state index contributed by atoms with van der Waals surface area (Å²) >= 11 is 0. The minimum Gasteiger partial charge on any atom is -0.330 e. The lowest BCUT2D eigenvalue weighted by atomic mass is 10.1. The van der Waals surface area contributed by atoms with Crippen LogP contribution in [0.5, 0.6) is 0 Å². The maximum Gasteiger partial charge on any atom is 0.125 e. The van der Waals surface area contributed by atoms with Crippen LogP contribution in [0.4, 0.5) is 8.78 Å². The van der Waals surface area contributed by atoms with Crippen LogP contribution < -0.4 is 11.5 Å². The van der Waals surface area contributed by atoms with E-state index in [1.807, 2.05) is 36.4 Å². The van der Waals surface area contributed by atoms with Gasteiger partial charge in [0, 0.05) is 37.4 Å². The maximum absolute atomic E-state index is 13.3. The van der Waals surface area contributed by atoms with Gasteiger partial charge in [-0.3, -0.25) is 9.97 Å². The predicted molar refractivity (Wildman–Crippen MR) is 151 cm³/mol. The second kappa shape index (κ2) is 12.4. The molecule has 8 nitrogen and oxygen atoms in total. The maximum atomic E-state index is 13.3. The summed E-state index contributed by atoms with van der Waals surface area (Å²) in [5, 5.41) is 0. The van der Waals surface area contributed by atoms with Crippen LogP contribution in [-0.4, -0.2) is 43.0 Å². The fourth-order valence-corrected chi connectivity index (χ4v) is 4.17. The van der Waals surface area contributed by atoms with Crippen LogP contribution in [0.3, 0.4) is 0 Å². The Bertz CT molecular complexity index is 1620. The molecule has 0 spiro atoms. The molecular weight excluding hydrogens is 510 g/mol. The Morgan fingerprint density at radius 2 is 0.975 bits per heavy atom. The number of nitrogens with two attached hydrogens (primary N) is 2. The summed E-state index contributed by atoms with van der Waals surface area (Å²) in [5.41, 5.74) is 17.9. The lowest BCUT2D eigenvalue weighted by molar-refractivity contribution is 0.628. The third kappa shape index (κ3) is 6.09. The van der Waals surface area contributed by atoms with E-state index in [0.717, 1.165) is 22.8 Å². The summed E-state index contributed by atoms with van der Waals surface area (Å²) < 4.78 is 26.6. The molecule has 0 radical (unpaired) electrons. The molecule has 2 aromatic carbocycles. The number of hydrogen-bond acceptors (Lipinski definition) is 8. The van der Waals surface area contributed by atoms with Gasteiger partial charge in [0.2, 0.25) is 0 Å². The van der Waals surface area contributed by atoms with Crippen molar-refractivity contribution in [3.63, 3.8) is 0 Å². The summed E-state index contributed by atoms with van der Waals surface area (Å²) in [6, 6.07) is 19.9. The molecule has 200 valence electrons. The first-order chi connectivity index (χ1) is 19.6. The van der Waals surface area contributed by atoms with E-state index in [9.17, 15) is 8.78 Å². The molecule has 40 heavy (non-hydrogen) atoms. The molecule has 0 aliphatic carbocycles. The molecule has 4 N–H and O–H groups in total. The Morgan fingerprint density at radius 1 is 0.525 bits per heavy atom. The Kier molecular flexibility index (Phi) is 8.29. The van der Waals surface area contributed by atoms with Gasteiger partial charge in [0.05, 0.1) is 44.8 Å². The van der Waals surface area contributed by atoms with Crippen molar-refractivity contribution in [1.82, 2.24) is 29.9 Å². The van der Waals surface area contributed by atoms with Crippen LogP contribution in [0.2, 0.25) is 0 Å². The SMILES string of the molecule is NCCc1nc2ccc(F)cc2nc1-c1ccccn1.NCCc1nc2ccc(F)cc2nc1-c1ccccn1. The molecular formula is C30H26F2N8. The predicted octanol–water partition coefficient (Wildman–Crippen LogP) is 4.66. The Balaban J connectivity index is 0.000000161. The topological polar surface area (TPSA) is 129 Å². The number of nitrogens with zero attached hydrogens (tertiary/aromatic N) is 6. The standard InChI is InChI=1S/2C15H13FN4/c2*16-10-4-5-11-14(9-10)20-15(13(19-11)6-7-17)12-3-1-2-8-18-12/h2*1-5,8-9H,6-7,17H2. The molecule has 0 aliphatic heterocycles. The second-order valence-electron chi connectivity index (χ2n) is 8.81. The van der Waals surface area contributed by atoms with Crippen molar-refractivity contribution in [3.8, 4) is 22.8 Å². The van der Waals surface area contributed by atoms with Gasteiger partial charge in [0.25, 0.3) is 0 Å². The third-order valence-corrected chi connectivity index (χ3v) is 5.97. The van der Waals surface area contributed by atoms with Crippen LogP contribution in [0.15, 0.2) is 85.2 Å². The van der Waals surface area contributed by atoms with Gasteiger partial charge in [0.15, 0.2) is 0 Å². The monoisotopic (exact) mass is 536 g/mol. The Hall–Kier alpha value is -4.80. The molecule has 0 saturated heterocycles. The average molecular weight is 537 g/mol. The molecule has 0 atom stereocenters. The van der Waals surface area contributed by atoms with Crippen molar-refractivity contribution in [1.29, 1.82) is 0 Å². The van der Waals surface area contributed by atoms with Crippen molar-refractivity contribution >= 4 is 22.1 Å². The number of hydrogen-bond donors (Lipinski definition) is 2. The van der Waals surface area contributed by atoms with E-state index in [4.69, 9.17) is 11.5 Å². The van der Waals surface area contributed by atoms with Gasteiger partial charge in [0.1, 0.15) is 23.0 Å². The fourth-order valence-electron chi connectivity index (χ4n) is 4.17. The number of aromatic nitrogens is 6. The molecule has 4 heterocycles. The van der Waals surface area contributed by atoms with Gasteiger partial charge in [-0.15, -0.1) is 0 Å². The molecule has 6 rings (SSSR count). The number of benzene rings is 2. The van der Waals surface area contributed by atoms with Gasteiger partial charge in [-0.05, 0) is 61.6 Å². The number of rotatable bonds is 6. The minimum atomic E-state index is -0.328. The summed E-state index contributed by atoms with van der Waals surface area (Å²) in [5.74, 6) is -0.657. The molecule has 0 amide bonds. The molecule has 10 heteroatoms. The highest BCUT2D eigenvalue weighted by atomic mass is 19.1. The molecule has 4 aromatic heterocycles. The van der Waals surface area contributed by atoms with Crippen molar-refractivity contribution < 1.29 is 8.78 Å². The number of pyridine rings is 2. The fraction of sp³-hybridized carbons (Fsp3) is 0.133. The highest BCUT2D eigenvalue weighted by Crippen LogP contribution is 2.23. The highest BCUT2D eigenvalue weighted by molar-refractivity contribution is 5.78. The largest absolute Gasteiger partial charge is 0.330 e. The molecule has 0 aliphatic rings. The van der Waals surface area contributed by atoms with Gasteiger partial charge in [-0.2, -0.15) is 0 Å². The van der Waals surface area contributed by atoms with Crippen LogP contribution in [0.1, 0.15) is 11.4 Å². The quantitative estimate of drug-likeness (QED) is 0.314. The Morgan fingerprint density at radius 3 is 1.35 bits per heavy atom. The smallest absolute Gasteiger partial charge is 0.125 e. The zero-order valence-corrected chi connectivity index (χ0v) is 21.5. The highest BCUT2D eigenvalue weighted by Gasteiger charge is 2.13. The summed E-state index contributed by atoms with van der Waals surface area (Å²) in [6.07, 6.45) is 4.59. The van der Waals surface area contributed by atoms with E-state index in [1.165, 1.54) is 24.3 Å². The van der Waals surface area contributed by atoms with Crippen molar-refractivity contribution in [3.05, 3.63) is 108 Å². The summed E-state index contributed by atoms with van der Waals surface area (Å²) in [4.78, 5) is 26.6. The zero-order valence-electron chi connectivity index (χ0n) is 21.5. The average Bonchev–Trinajstić information content (AvgIpc) is 2.98. The number of fused-ring (bicyclic) bond motifs is 2. The van der Waals surface area contributed by atoms with Crippen LogP contribution in [0.25, 0.3) is 44.8 Å². The molecule has 0 unspecified atom stereocenters. The van der Waals surface area contributed by atoms with E-state index in [-0.39, 0.29) is 11.6 Å². The van der Waals surface area contributed by atoms with Gasteiger partial charge < -0.3 is 11.5 Å². The van der Waals surface area contributed by atoms with Crippen molar-refractivity contribution in [2.24, 2.45) is 11.5 Å². The zero-order chi connectivity index (χ0) is 27.9. The lowest BCUT2D eigenvalue weighted by Gasteiger charge is -2.08. The molecule has 0 bridgehead atoms. The second-order valence-corrected chi connectivity index (χ2v) is 8.81. The van der Waals surface area contributed by atoms with Gasteiger partial charge >= 0.3 is 0 Å². The van der Waals surface area contributed by atoms with E-state index in [0.29, 0.717) is 59.4 Å². The molecule has 6 aromatic rings. The lowest BCUT2D eigenvalue weighted by Crippen LogP contribution is -2.08. The molecule has 0 fully saturated rings. The summed E-state index contributed by atoms with van der Waals surface area (Å²) in [7, 11) is 0. The minimum absolute atomic E-state index is 0.328. The third-order valence-electron chi connectivity index (χ3n) is 5.97. The first-order valence-corrected chi connectivity index (χ1v) is 12.7. The van der Waals surface area contributed by atoms with Crippen LogP contribution >= 0.6 is 0 Å². The normalized spacial score (nSPS) is 10.9. The van der Waals surface area contributed by atoms with Crippen molar-refractivity contribution in [2.45, 2.75) is 12.8 Å². The van der Waals surface area contributed by atoms with E-state index >= 15 is 0 Å². The van der Waals surface area contributed by atoms with E-state index in [1.54, 1.807) is 24.5 Å². The van der Waals surface area contributed by atoms with E-state index < -0.39 is 0 Å². The summed E-state index contributed by atoms with van der Waals surface area (Å²) in [6.45, 7) is 0.947. The first-order valence-electron chi connectivity index (χ1n) is 12.7. The van der Waals surface area contributed by atoms with Gasteiger partial charge in [-0.25, -0.2) is 28.7 Å².